The lowest BCUT2D eigenvalue weighted by Crippen LogP contribution is -2.26. The number of hydrogen-bond acceptors (Lipinski definition) is 4. The number of rotatable bonds is 6. The van der Waals surface area contributed by atoms with E-state index in [9.17, 15) is 9.59 Å². The maximum absolute atomic E-state index is 12.5. The van der Waals surface area contributed by atoms with E-state index < -0.39 is 5.91 Å². The highest BCUT2D eigenvalue weighted by molar-refractivity contribution is 6.32. The number of nitrogens with one attached hydrogen (secondary N) is 2. The zero-order valence-electron chi connectivity index (χ0n) is 15.4. The summed E-state index contributed by atoms with van der Waals surface area (Å²) >= 11 is 6.07. The fourth-order valence-electron chi connectivity index (χ4n) is 2.58. The van der Waals surface area contributed by atoms with Crippen LogP contribution in [-0.2, 0) is 25.4 Å². The number of anilines is 1. The number of halogens is 1. The van der Waals surface area contributed by atoms with Crippen LogP contribution in [-0.4, -0.2) is 31.4 Å². The Bertz CT molecular complexity index is 1040. The fourth-order valence-corrected chi connectivity index (χ4v) is 2.78. The molecule has 0 fully saturated rings. The summed E-state index contributed by atoms with van der Waals surface area (Å²) < 4.78 is 3.06. The summed E-state index contributed by atoms with van der Waals surface area (Å²) in [6, 6.07) is 7.18. The van der Waals surface area contributed by atoms with Crippen molar-refractivity contribution in [3.8, 4) is 0 Å². The Hall–Kier alpha value is -3.39. The van der Waals surface area contributed by atoms with Gasteiger partial charge in [0.15, 0.2) is 0 Å². The average molecular weight is 399 g/mol. The van der Waals surface area contributed by atoms with Gasteiger partial charge < -0.3 is 10.6 Å². The first-order valence-electron chi connectivity index (χ1n) is 8.45. The summed E-state index contributed by atoms with van der Waals surface area (Å²) in [5.41, 5.74) is 2.16. The number of hydrogen-bond donors (Lipinski definition) is 2. The first-order chi connectivity index (χ1) is 13.4. The van der Waals surface area contributed by atoms with Crippen molar-refractivity contribution in [2.24, 2.45) is 14.1 Å². The van der Waals surface area contributed by atoms with Gasteiger partial charge >= 0.3 is 0 Å². The Morgan fingerprint density at radius 2 is 1.96 bits per heavy atom. The second-order valence-corrected chi connectivity index (χ2v) is 6.49. The fraction of sp³-hybridized carbons (Fsp3) is 0.158. The van der Waals surface area contributed by atoms with E-state index in [1.807, 2.05) is 18.3 Å². The van der Waals surface area contributed by atoms with Crippen LogP contribution in [0.15, 0.2) is 48.9 Å². The summed E-state index contributed by atoms with van der Waals surface area (Å²) in [6.07, 6.45) is 7.87. The lowest BCUT2D eigenvalue weighted by atomic mass is 10.2. The highest BCUT2D eigenvalue weighted by atomic mass is 35.5. The van der Waals surface area contributed by atoms with Gasteiger partial charge in [-0.3, -0.25) is 19.0 Å². The van der Waals surface area contributed by atoms with Gasteiger partial charge in [0, 0.05) is 43.5 Å². The normalized spacial score (nSPS) is 11.0. The molecule has 0 aliphatic rings. The smallest absolute Gasteiger partial charge is 0.271 e. The SMILES string of the molecule is Cn1cc(CNC(=O)c2c(NC(=O)/C=C/c3ccccc3Cl)cnn2C)cn1. The van der Waals surface area contributed by atoms with E-state index >= 15 is 0 Å². The van der Waals surface area contributed by atoms with E-state index in [2.05, 4.69) is 20.8 Å². The molecule has 2 N–H and O–H groups in total. The van der Waals surface area contributed by atoms with Gasteiger partial charge in [0.2, 0.25) is 5.91 Å². The molecule has 3 aromatic rings. The van der Waals surface area contributed by atoms with Crippen molar-refractivity contribution < 1.29 is 9.59 Å². The van der Waals surface area contributed by atoms with E-state index in [-0.39, 0.29) is 11.6 Å². The number of amides is 2. The van der Waals surface area contributed by atoms with Crippen LogP contribution in [0.4, 0.5) is 5.69 Å². The zero-order chi connectivity index (χ0) is 20.1. The summed E-state index contributed by atoms with van der Waals surface area (Å²) in [5.74, 6) is -0.747. The Labute approximate surface area is 166 Å². The number of nitrogens with zero attached hydrogens (tertiary/aromatic N) is 4. The number of benzene rings is 1. The molecule has 0 bridgehead atoms. The number of carbonyl (C=O) groups excluding carboxylic acids is 2. The molecule has 2 heterocycles. The molecule has 2 aromatic heterocycles. The molecule has 1 aromatic carbocycles. The number of carbonyl (C=O) groups is 2. The molecular weight excluding hydrogens is 380 g/mol. The second kappa shape index (κ2) is 8.53. The molecular formula is C19H19ClN6O2. The van der Waals surface area contributed by atoms with Crippen molar-refractivity contribution >= 4 is 35.2 Å². The largest absolute Gasteiger partial charge is 0.346 e. The van der Waals surface area contributed by atoms with Crippen molar-refractivity contribution in [2.75, 3.05) is 5.32 Å². The molecule has 0 spiro atoms. The monoisotopic (exact) mass is 398 g/mol. The molecule has 0 atom stereocenters. The van der Waals surface area contributed by atoms with Gasteiger partial charge in [0.25, 0.3) is 5.91 Å². The number of aryl methyl sites for hydroxylation is 2. The van der Waals surface area contributed by atoms with Gasteiger partial charge in [0.1, 0.15) is 5.69 Å². The molecule has 0 aliphatic heterocycles. The lowest BCUT2D eigenvalue weighted by molar-refractivity contribution is -0.111. The highest BCUT2D eigenvalue weighted by Gasteiger charge is 2.18. The predicted molar refractivity (Wildman–Crippen MR) is 107 cm³/mol. The third kappa shape index (κ3) is 4.66. The van der Waals surface area contributed by atoms with Gasteiger partial charge in [-0.15, -0.1) is 0 Å². The van der Waals surface area contributed by atoms with E-state index in [4.69, 9.17) is 11.6 Å². The maximum Gasteiger partial charge on any atom is 0.271 e. The van der Waals surface area contributed by atoms with Crippen LogP contribution >= 0.6 is 11.6 Å². The summed E-state index contributed by atoms with van der Waals surface area (Å²) in [6.45, 7) is 0.317. The first-order valence-corrected chi connectivity index (χ1v) is 8.83. The molecule has 2 amide bonds. The van der Waals surface area contributed by atoms with Crippen LogP contribution in [0.3, 0.4) is 0 Å². The molecule has 0 radical (unpaired) electrons. The van der Waals surface area contributed by atoms with Crippen molar-refractivity contribution in [3.63, 3.8) is 0 Å². The van der Waals surface area contributed by atoms with Gasteiger partial charge in [-0.1, -0.05) is 29.8 Å². The molecule has 28 heavy (non-hydrogen) atoms. The first kappa shape index (κ1) is 19.4. The highest BCUT2D eigenvalue weighted by Crippen LogP contribution is 2.17. The molecule has 144 valence electrons. The molecule has 0 aliphatic carbocycles. The van der Waals surface area contributed by atoms with Crippen LogP contribution in [0, 0.1) is 0 Å². The summed E-state index contributed by atoms with van der Waals surface area (Å²) in [4.78, 5) is 24.8. The lowest BCUT2D eigenvalue weighted by Gasteiger charge is -2.07. The minimum Gasteiger partial charge on any atom is -0.346 e. The number of aromatic nitrogens is 4. The van der Waals surface area contributed by atoms with E-state index in [1.165, 1.54) is 17.0 Å². The summed E-state index contributed by atoms with van der Waals surface area (Å²) in [7, 11) is 3.43. The van der Waals surface area contributed by atoms with Crippen LogP contribution < -0.4 is 10.6 Å². The van der Waals surface area contributed by atoms with E-state index in [0.717, 1.165) is 11.1 Å². The Kier molecular flexibility index (Phi) is 5.90. The quantitative estimate of drug-likeness (QED) is 0.623. The van der Waals surface area contributed by atoms with Crippen molar-refractivity contribution in [1.29, 1.82) is 0 Å². The van der Waals surface area contributed by atoms with Gasteiger partial charge in [0.05, 0.1) is 18.1 Å². The van der Waals surface area contributed by atoms with Crippen molar-refractivity contribution in [2.45, 2.75) is 6.54 Å². The van der Waals surface area contributed by atoms with E-state index in [1.54, 1.807) is 43.2 Å². The maximum atomic E-state index is 12.5. The van der Waals surface area contributed by atoms with Gasteiger partial charge in [-0.05, 0) is 17.7 Å². The molecule has 0 saturated carbocycles. The van der Waals surface area contributed by atoms with Crippen LogP contribution in [0.25, 0.3) is 6.08 Å². The third-order valence-electron chi connectivity index (χ3n) is 3.94. The Morgan fingerprint density at radius 3 is 2.68 bits per heavy atom. The summed E-state index contributed by atoms with van der Waals surface area (Å²) in [5, 5.41) is 14.1. The zero-order valence-corrected chi connectivity index (χ0v) is 16.1. The van der Waals surface area contributed by atoms with Crippen molar-refractivity contribution in [3.05, 3.63) is 70.8 Å². The minimum atomic E-state index is -0.394. The topological polar surface area (TPSA) is 93.8 Å². The second-order valence-electron chi connectivity index (χ2n) is 6.08. The Balaban J connectivity index is 1.67. The van der Waals surface area contributed by atoms with Crippen LogP contribution in [0.5, 0.6) is 0 Å². The molecule has 8 nitrogen and oxygen atoms in total. The third-order valence-corrected chi connectivity index (χ3v) is 4.29. The van der Waals surface area contributed by atoms with Crippen LogP contribution in [0.2, 0.25) is 5.02 Å². The predicted octanol–water partition coefficient (Wildman–Crippen LogP) is 2.39. The molecule has 0 saturated heterocycles. The van der Waals surface area contributed by atoms with Gasteiger partial charge in [-0.2, -0.15) is 10.2 Å². The van der Waals surface area contributed by atoms with Gasteiger partial charge in [-0.25, -0.2) is 0 Å². The molecule has 9 heteroatoms. The standard InChI is InChI=1S/C19H19ClN6O2/c1-25-12-13(10-22-25)9-21-19(28)18-16(11-23-26(18)2)24-17(27)8-7-14-5-3-4-6-15(14)20/h3-8,10-12H,9H2,1-2H3,(H,21,28)(H,24,27)/b8-7+. The molecule has 3 rings (SSSR count). The van der Waals surface area contributed by atoms with Crippen molar-refractivity contribution in [1.82, 2.24) is 24.9 Å². The molecule has 0 unspecified atom stereocenters. The average Bonchev–Trinajstić information content (AvgIpc) is 3.24. The van der Waals surface area contributed by atoms with E-state index in [0.29, 0.717) is 17.3 Å². The Morgan fingerprint density at radius 1 is 1.18 bits per heavy atom. The van der Waals surface area contributed by atoms with Crippen LogP contribution in [0.1, 0.15) is 21.6 Å². The minimum absolute atomic E-state index is 0.253.